The standard InChI is InChI=1S/C11H13NO2/c1-13-11-8-7-9-5-3-4-6-10(9)12(11)14-2/h3-8,11H,1-2H3. The SMILES string of the molecule is COC1C=Cc2ccccc2N1OC. The Morgan fingerprint density at radius 1 is 1.21 bits per heavy atom. The second-order valence-electron chi connectivity index (χ2n) is 3.05. The van der Waals surface area contributed by atoms with Gasteiger partial charge in [-0.1, -0.05) is 24.3 Å². The second kappa shape index (κ2) is 3.82. The Morgan fingerprint density at radius 3 is 2.71 bits per heavy atom. The van der Waals surface area contributed by atoms with Gasteiger partial charge in [0.1, 0.15) is 0 Å². The van der Waals surface area contributed by atoms with E-state index in [4.69, 9.17) is 9.57 Å². The molecule has 2 rings (SSSR count). The van der Waals surface area contributed by atoms with Crippen molar-refractivity contribution in [3.05, 3.63) is 35.9 Å². The maximum absolute atomic E-state index is 5.28. The van der Waals surface area contributed by atoms with Crippen LogP contribution in [0.4, 0.5) is 5.69 Å². The van der Waals surface area contributed by atoms with Gasteiger partial charge in [-0.25, -0.2) is 5.06 Å². The van der Waals surface area contributed by atoms with Gasteiger partial charge in [0.2, 0.25) is 0 Å². The predicted octanol–water partition coefficient (Wildman–Crippen LogP) is 2.05. The van der Waals surface area contributed by atoms with Crippen molar-refractivity contribution in [3.8, 4) is 0 Å². The normalized spacial score (nSPS) is 19.6. The Morgan fingerprint density at radius 2 is 2.00 bits per heavy atom. The fourth-order valence-electron chi connectivity index (χ4n) is 1.61. The van der Waals surface area contributed by atoms with E-state index in [0.29, 0.717) is 0 Å². The van der Waals surface area contributed by atoms with Crippen LogP contribution in [-0.4, -0.2) is 20.4 Å². The summed E-state index contributed by atoms with van der Waals surface area (Å²) in [7, 11) is 3.30. The van der Waals surface area contributed by atoms with Crippen LogP contribution in [0.2, 0.25) is 0 Å². The van der Waals surface area contributed by atoms with Gasteiger partial charge in [-0.05, 0) is 12.1 Å². The van der Waals surface area contributed by atoms with Crippen molar-refractivity contribution >= 4 is 11.8 Å². The van der Waals surface area contributed by atoms with E-state index in [1.54, 1.807) is 19.3 Å². The van der Waals surface area contributed by atoms with Gasteiger partial charge in [0.05, 0.1) is 12.8 Å². The van der Waals surface area contributed by atoms with Crippen molar-refractivity contribution in [2.24, 2.45) is 0 Å². The Labute approximate surface area is 83.5 Å². The van der Waals surface area contributed by atoms with Crippen LogP contribution in [0.15, 0.2) is 30.3 Å². The maximum Gasteiger partial charge on any atom is 0.173 e. The van der Waals surface area contributed by atoms with Crippen LogP contribution in [0.1, 0.15) is 5.56 Å². The third-order valence-electron chi connectivity index (χ3n) is 2.28. The largest absolute Gasteiger partial charge is 0.356 e. The lowest BCUT2D eigenvalue weighted by Crippen LogP contribution is -2.36. The molecule has 0 aromatic heterocycles. The molecule has 1 heterocycles. The highest BCUT2D eigenvalue weighted by atomic mass is 16.7. The molecule has 3 heteroatoms. The van der Waals surface area contributed by atoms with Crippen molar-refractivity contribution in [2.75, 3.05) is 19.3 Å². The van der Waals surface area contributed by atoms with Crippen molar-refractivity contribution in [3.63, 3.8) is 0 Å². The summed E-state index contributed by atoms with van der Waals surface area (Å²) >= 11 is 0. The van der Waals surface area contributed by atoms with E-state index < -0.39 is 0 Å². The number of hydroxylamine groups is 1. The molecule has 0 saturated heterocycles. The Bertz CT molecular complexity index is 349. The van der Waals surface area contributed by atoms with E-state index in [9.17, 15) is 0 Å². The van der Waals surface area contributed by atoms with E-state index >= 15 is 0 Å². The van der Waals surface area contributed by atoms with Crippen molar-refractivity contribution < 1.29 is 9.57 Å². The lowest BCUT2D eigenvalue weighted by atomic mass is 10.1. The molecule has 14 heavy (non-hydrogen) atoms. The summed E-state index contributed by atoms with van der Waals surface area (Å²) in [5, 5.41) is 1.75. The molecule has 3 nitrogen and oxygen atoms in total. The minimum atomic E-state index is -0.144. The van der Waals surface area contributed by atoms with Crippen molar-refractivity contribution in [1.29, 1.82) is 0 Å². The third-order valence-corrected chi connectivity index (χ3v) is 2.28. The average molecular weight is 191 g/mol. The molecular formula is C11H13NO2. The molecule has 0 bridgehead atoms. The first kappa shape index (κ1) is 9.24. The average Bonchev–Trinajstić information content (AvgIpc) is 2.27. The minimum Gasteiger partial charge on any atom is -0.356 e. The Balaban J connectivity index is 2.42. The van der Waals surface area contributed by atoms with Crippen LogP contribution in [0.25, 0.3) is 6.08 Å². The van der Waals surface area contributed by atoms with Gasteiger partial charge in [0.15, 0.2) is 6.23 Å². The van der Waals surface area contributed by atoms with Gasteiger partial charge < -0.3 is 4.74 Å². The highest BCUT2D eigenvalue weighted by molar-refractivity contribution is 5.70. The number of para-hydroxylation sites is 1. The number of ether oxygens (including phenoxy) is 1. The molecule has 0 saturated carbocycles. The minimum absolute atomic E-state index is 0.144. The fourth-order valence-corrected chi connectivity index (χ4v) is 1.61. The molecule has 0 fully saturated rings. The predicted molar refractivity (Wildman–Crippen MR) is 55.8 cm³/mol. The summed E-state index contributed by atoms with van der Waals surface area (Å²) in [5.41, 5.74) is 2.17. The lowest BCUT2D eigenvalue weighted by Gasteiger charge is -2.31. The number of methoxy groups -OCH3 is 1. The number of nitrogens with zero attached hydrogens (tertiary/aromatic N) is 1. The smallest absolute Gasteiger partial charge is 0.173 e. The van der Waals surface area contributed by atoms with E-state index in [2.05, 4.69) is 0 Å². The molecule has 0 aliphatic carbocycles. The van der Waals surface area contributed by atoms with Crippen LogP contribution in [-0.2, 0) is 9.57 Å². The molecule has 0 amide bonds. The maximum atomic E-state index is 5.28. The van der Waals surface area contributed by atoms with Gasteiger partial charge in [-0.3, -0.25) is 4.84 Å². The van der Waals surface area contributed by atoms with Crippen molar-refractivity contribution in [2.45, 2.75) is 6.23 Å². The van der Waals surface area contributed by atoms with Crippen LogP contribution < -0.4 is 5.06 Å². The number of benzene rings is 1. The highest BCUT2D eigenvalue weighted by Gasteiger charge is 2.21. The number of rotatable bonds is 2. The van der Waals surface area contributed by atoms with E-state index in [1.807, 2.05) is 36.4 Å². The highest BCUT2D eigenvalue weighted by Crippen LogP contribution is 2.28. The number of anilines is 1. The van der Waals surface area contributed by atoms with E-state index in [1.165, 1.54) is 0 Å². The van der Waals surface area contributed by atoms with Crippen LogP contribution >= 0.6 is 0 Å². The zero-order valence-electron chi connectivity index (χ0n) is 8.31. The van der Waals surface area contributed by atoms with E-state index in [0.717, 1.165) is 11.3 Å². The van der Waals surface area contributed by atoms with Crippen molar-refractivity contribution in [1.82, 2.24) is 0 Å². The second-order valence-corrected chi connectivity index (χ2v) is 3.05. The number of fused-ring (bicyclic) bond motifs is 1. The van der Waals surface area contributed by atoms with Crippen LogP contribution in [0.5, 0.6) is 0 Å². The lowest BCUT2D eigenvalue weighted by molar-refractivity contribution is 0.0302. The molecule has 1 unspecified atom stereocenters. The number of hydrogen-bond donors (Lipinski definition) is 0. The third kappa shape index (κ3) is 1.41. The summed E-state index contributed by atoms with van der Waals surface area (Å²) in [6.07, 6.45) is 3.86. The molecule has 1 aliphatic rings. The van der Waals surface area contributed by atoms with E-state index in [-0.39, 0.29) is 6.23 Å². The molecule has 0 spiro atoms. The van der Waals surface area contributed by atoms with Gasteiger partial charge >= 0.3 is 0 Å². The Hall–Kier alpha value is -1.32. The topological polar surface area (TPSA) is 21.7 Å². The summed E-state index contributed by atoms with van der Waals surface area (Å²) in [6.45, 7) is 0. The van der Waals surface area contributed by atoms with Crippen LogP contribution in [0, 0.1) is 0 Å². The monoisotopic (exact) mass is 191 g/mol. The molecule has 1 aromatic carbocycles. The first-order chi connectivity index (χ1) is 6.86. The van der Waals surface area contributed by atoms with Crippen LogP contribution in [0.3, 0.4) is 0 Å². The molecular weight excluding hydrogens is 178 g/mol. The van der Waals surface area contributed by atoms with Gasteiger partial charge in [-0.2, -0.15) is 0 Å². The summed E-state index contributed by atoms with van der Waals surface area (Å²) in [4.78, 5) is 5.28. The van der Waals surface area contributed by atoms with Gasteiger partial charge in [0, 0.05) is 12.7 Å². The summed E-state index contributed by atoms with van der Waals surface area (Å²) < 4.78 is 5.27. The number of hydrogen-bond acceptors (Lipinski definition) is 3. The zero-order chi connectivity index (χ0) is 9.97. The Kier molecular flexibility index (Phi) is 2.52. The first-order valence-corrected chi connectivity index (χ1v) is 4.50. The summed E-state index contributed by atoms with van der Waals surface area (Å²) in [5.74, 6) is 0. The molecule has 0 N–H and O–H groups in total. The summed E-state index contributed by atoms with van der Waals surface area (Å²) in [6, 6.07) is 8.04. The first-order valence-electron chi connectivity index (χ1n) is 4.50. The molecule has 1 aliphatic heterocycles. The molecule has 1 atom stereocenters. The molecule has 1 aromatic rings. The molecule has 0 radical (unpaired) electrons. The quantitative estimate of drug-likeness (QED) is 0.714. The fraction of sp³-hybridized carbons (Fsp3) is 0.273. The zero-order valence-corrected chi connectivity index (χ0v) is 8.31. The van der Waals surface area contributed by atoms with Gasteiger partial charge in [-0.15, -0.1) is 0 Å². The molecule has 74 valence electrons. The van der Waals surface area contributed by atoms with Gasteiger partial charge in [0.25, 0.3) is 0 Å².